The van der Waals surface area contributed by atoms with Crippen molar-refractivity contribution >= 4 is 5.71 Å². The van der Waals surface area contributed by atoms with Gasteiger partial charge in [-0.25, -0.2) is 14.4 Å². The number of hydrogen-bond acceptors (Lipinski definition) is 4. The summed E-state index contributed by atoms with van der Waals surface area (Å²) in [5.74, 6) is 1.17. The largest absolute Gasteiger partial charge is 0.442 e. The number of aliphatic imine (C=N–C) groups is 1. The highest BCUT2D eigenvalue weighted by molar-refractivity contribution is 6.15. The SMILES string of the molecule is Fc1ccccc1C1=NCc2c(-c3cnco3)ncn2-c2ccc(C34CC3C4)cc21. The van der Waals surface area contributed by atoms with Gasteiger partial charge in [0.1, 0.15) is 17.8 Å². The molecule has 0 radical (unpaired) electrons. The lowest BCUT2D eigenvalue weighted by Crippen LogP contribution is -2.10. The van der Waals surface area contributed by atoms with E-state index in [0.29, 0.717) is 34.7 Å². The molecule has 2 aliphatic carbocycles. The van der Waals surface area contributed by atoms with Gasteiger partial charge in [0, 0.05) is 11.1 Å². The molecule has 3 aliphatic rings. The Hall–Kier alpha value is -3.54. The molecule has 0 amide bonds. The van der Waals surface area contributed by atoms with E-state index in [1.807, 2.05) is 10.6 Å². The average molecular weight is 396 g/mol. The molecule has 5 nitrogen and oxygen atoms in total. The Kier molecular flexibility index (Phi) is 3.00. The van der Waals surface area contributed by atoms with Gasteiger partial charge in [0.25, 0.3) is 0 Å². The summed E-state index contributed by atoms with van der Waals surface area (Å²) in [6.45, 7) is 0.373. The van der Waals surface area contributed by atoms with Gasteiger partial charge in [0.15, 0.2) is 12.2 Å². The molecule has 2 aromatic heterocycles. The molecule has 0 atom stereocenters. The van der Waals surface area contributed by atoms with Crippen molar-refractivity contribution in [1.82, 2.24) is 14.5 Å². The topological polar surface area (TPSA) is 56.2 Å². The molecule has 2 aromatic carbocycles. The molecule has 0 bridgehead atoms. The summed E-state index contributed by atoms with van der Waals surface area (Å²) in [4.78, 5) is 13.5. The van der Waals surface area contributed by atoms with E-state index in [2.05, 4.69) is 28.2 Å². The Bertz CT molecular complexity index is 1350. The highest BCUT2D eigenvalue weighted by Crippen LogP contribution is 2.75. The van der Waals surface area contributed by atoms with E-state index >= 15 is 0 Å². The lowest BCUT2D eigenvalue weighted by atomic mass is 9.94. The predicted molar refractivity (Wildman–Crippen MR) is 109 cm³/mol. The summed E-state index contributed by atoms with van der Waals surface area (Å²) in [5, 5.41) is 0. The Morgan fingerprint density at radius 2 is 1.97 bits per heavy atom. The Morgan fingerprint density at radius 1 is 1.10 bits per heavy atom. The van der Waals surface area contributed by atoms with Crippen LogP contribution in [0.1, 0.15) is 35.2 Å². The molecule has 0 unspecified atom stereocenters. The van der Waals surface area contributed by atoms with Crippen molar-refractivity contribution in [2.24, 2.45) is 10.9 Å². The Balaban J connectivity index is 1.47. The van der Waals surface area contributed by atoms with Gasteiger partial charge in [-0.05, 0) is 54.0 Å². The van der Waals surface area contributed by atoms with Gasteiger partial charge in [0.2, 0.25) is 0 Å². The van der Waals surface area contributed by atoms with Crippen LogP contribution in [0, 0.1) is 11.7 Å². The second kappa shape index (κ2) is 5.53. The van der Waals surface area contributed by atoms with Gasteiger partial charge in [-0.2, -0.15) is 0 Å². The van der Waals surface area contributed by atoms with Crippen LogP contribution in [0.3, 0.4) is 0 Å². The molecule has 1 aliphatic heterocycles. The molecule has 4 aromatic rings. The van der Waals surface area contributed by atoms with E-state index < -0.39 is 0 Å². The van der Waals surface area contributed by atoms with E-state index in [1.165, 1.54) is 30.9 Å². The third-order valence-electron chi connectivity index (χ3n) is 6.82. The minimum absolute atomic E-state index is 0.262. The molecule has 146 valence electrons. The zero-order chi connectivity index (χ0) is 19.9. The van der Waals surface area contributed by atoms with Gasteiger partial charge < -0.3 is 4.42 Å². The van der Waals surface area contributed by atoms with Gasteiger partial charge in [-0.15, -0.1) is 0 Å². The Morgan fingerprint density at radius 3 is 2.73 bits per heavy atom. The number of hydrogen-bond donors (Lipinski definition) is 0. The van der Waals surface area contributed by atoms with Crippen molar-refractivity contribution in [3.63, 3.8) is 0 Å². The molecular formula is C24H17FN4O. The zero-order valence-corrected chi connectivity index (χ0v) is 16.0. The number of aromatic nitrogens is 3. The number of fused-ring (bicyclic) bond motifs is 4. The predicted octanol–water partition coefficient (Wildman–Crippen LogP) is 4.68. The summed E-state index contributed by atoms with van der Waals surface area (Å²) < 4.78 is 22.3. The van der Waals surface area contributed by atoms with Crippen molar-refractivity contribution in [3.8, 4) is 17.1 Å². The monoisotopic (exact) mass is 396 g/mol. The molecule has 0 N–H and O–H groups in total. The van der Waals surface area contributed by atoms with Gasteiger partial charge in [-0.3, -0.25) is 9.56 Å². The summed E-state index contributed by atoms with van der Waals surface area (Å²) in [7, 11) is 0. The number of benzene rings is 2. The second-order valence-corrected chi connectivity index (χ2v) is 8.41. The molecule has 3 heterocycles. The normalized spacial score (nSPS) is 23.1. The van der Waals surface area contributed by atoms with Crippen molar-refractivity contribution in [1.29, 1.82) is 0 Å². The smallest absolute Gasteiger partial charge is 0.181 e. The third-order valence-corrected chi connectivity index (χ3v) is 6.82. The number of imidazole rings is 1. The van der Waals surface area contributed by atoms with Gasteiger partial charge in [0.05, 0.1) is 29.8 Å². The van der Waals surface area contributed by atoms with Crippen molar-refractivity contribution < 1.29 is 8.81 Å². The van der Waals surface area contributed by atoms with Crippen LogP contribution in [0.15, 0.2) is 70.8 Å². The third kappa shape index (κ3) is 2.13. The quantitative estimate of drug-likeness (QED) is 0.505. The van der Waals surface area contributed by atoms with Crippen LogP contribution in [0.25, 0.3) is 17.1 Å². The highest BCUT2D eigenvalue weighted by Gasteiger charge is 2.70. The minimum atomic E-state index is -0.262. The van der Waals surface area contributed by atoms with E-state index in [9.17, 15) is 4.39 Å². The standard InChI is InChI=1S/C24H17FN4O/c25-18-4-2-1-3-16(18)22-17-7-14(24-8-15(24)9-24)5-6-19(17)29-12-28-23(20(29)10-27-22)21-11-26-13-30-21/h1-7,11-13,15H,8-10H2. The maximum atomic E-state index is 14.8. The van der Waals surface area contributed by atoms with Crippen molar-refractivity contribution in [2.75, 3.05) is 0 Å². The van der Waals surface area contributed by atoms with Crippen LogP contribution in [0.2, 0.25) is 0 Å². The lowest BCUT2D eigenvalue weighted by molar-refractivity contribution is 0.569. The van der Waals surface area contributed by atoms with Crippen LogP contribution >= 0.6 is 0 Å². The first-order chi connectivity index (χ1) is 14.7. The summed E-state index contributed by atoms with van der Waals surface area (Å²) in [6.07, 6.45) is 7.38. The number of nitrogens with zero attached hydrogens (tertiary/aromatic N) is 4. The van der Waals surface area contributed by atoms with Crippen molar-refractivity contribution in [2.45, 2.75) is 24.8 Å². The van der Waals surface area contributed by atoms with Crippen LogP contribution in [0.5, 0.6) is 0 Å². The van der Waals surface area contributed by atoms with Gasteiger partial charge in [-0.1, -0.05) is 18.2 Å². The molecule has 2 saturated carbocycles. The molecule has 30 heavy (non-hydrogen) atoms. The minimum Gasteiger partial charge on any atom is -0.442 e. The molecule has 6 heteroatoms. The molecule has 2 fully saturated rings. The first-order valence-electron chi connectivity index (χ1n) is 10.1. The van der Waals surface area contributed by atoms with E-state index in [1.54, 1.807) is 24.7 Å². The molecule has 0 spiro atoms. The Labute approximate surface area is 171 Å². The first-order valence-corrected chi connectivity index (χ1v) is 10.1. The van der Waals surface area contributed by atoms with Gasteiger partial charge >= 0.3 is 0 Å². The molecule has 0 saturated heterocycles. The summed E-state index contributed by atoms with van der Waals surface area (Å²) in [5.41, 5.74) is 6.44. The fourth-order valence-corrected chi connectivity index (χ4v) is 4.81. The summed E-state index contributed by atoms with van der Waals surface area (Å²) in [6, 6.07) is 13.4. The fraction of sp³-hybridized carbons (Fsp3) is 0.208. The van der Waals surface area contributed by atoms with Crippen molar-refractivity contribution in [3.05, 3.63) is 89.6 Å². The number of halogens is 1. The molecular weight excluding hydrogens is 379 g/mol. The number of rotatable bonds is 3. The van der Waals surface area contributed by atoms with E-state index in [-0.39, 0.29) is 5.82 Å². The van der Waals surface area contributed by atoms with E-state index in [0.717, 1.165) is 22.9 Å². The van der Waals surface area contributed by atoms with Crippen LogP contribution < -0.4 is 0 Å². The summed E-state index contributed by atoms with van der Waals surface area (Å²) >= 11 is 0. The molecule has 7 rings (SSSR count). The average Bonchev–Trinajstić information content (AvgIpc) is 3.48. The maximum absolute atomic E-state index is 14.8. The van der Waals surface area contributed by atoms with E-state index in [4.69, 9.17) is 9.41 Å². The second-order valence-electron chi connectivity index (χ2n) is 8.41. The first kappa shape index (κ1) is 16.3. The van der Waals surface area contributed by atoms with Crippen LogP contribution in [-0.2, 0) is 12.0 Å². The maximum Gasteiger partial charge on any atom is 0.181 e. The van der Waals surface area contributed by atoms with Crippen LogP contribution in [-0.4, -0.2) is 20.2 Å². The highest BCUT2D eigenvalue weighted by atomic mass is 19.1. The fourth-order valence-electron chi connectivity index (χ4n) is 4.81. The number of oxazole rings is 1. The zero-order valence-electron chi connectivity index (χ0n) is 16.0. The lowest BCUT2D eigenvalue weighted by Gasteiger charge is -2.15. The van der Waals surface area contributed by atoms with Crippen LogP contribution in [0.4, 0.5) is 4.39 Å².